The van der Waals surface area contributed by atoms with Crippen molar-refractivity contribution in [2.24, 2.45) is 5.92 Å². The van der Waals surface area contributed by atoms with Crippen LogP contribution in [0, 0.1) is 18.9 Å². The lowest BCUT2D eigenvalue weighted by atomic mass is 9.98. The number of methoxy groups -OCH3 is 2. The maximum atomic E-state index is 11.5. The molecular weight excluding hydrogens is 220 g/mol. The van der Waals surface area contributed by atoms with Crippen LogP contribution < -0.4 is 0 Å². The SMILES string of the molecule is COC(=O)C(Cc1cc[c]c(C)c1)C(=O)OC. The van der Waals surface area contributed by atoms with Crippen molar-refractivity contribution >= 4 is 11.9 Å². The summed E-state index contributed by atoms with van der Waals surface area (Å²) in [4.78, 5) is 22.9. The monoisotopic (exact) mass is 235 g/mol. The van der Waals surface area contributed by atoms with E-state index < -0.39 is 17.9 Å². The van der Waals surface area contributed by atoms with Crippen LogP contribution >= 0.6 is 0 Å². The highest BCUT2D eigenvalue weighted by atomic mass is 16.5. The second-order valence-electron chi connectivity index (χ2n) is 3.68. The molecule has 0 aromatic heterocycles. The fourth-order valence-electron chi connectivity index (χ4n) is 1.56. The van der Waals surface area contributed by atoms with E-state index in [-0.39, 0.29) is 6.42 Å². The van der Waals surface area contributed by atoms with Gasteiger partial charge in [-0.15, -0.1) is 0 Å². The first kappa shape index (κ1) is 13.2. The number of hydrogen-bond donors (Lipinski definition) is 0. The van der Waals surface area contributed by atoms with Gasteiger partial charge in [0, 0.05) is 0 Å². The smallest absolute Gasteiger partial charge is 0.320 e. The molecule has 91 valence electrons. The molecule has 0 N–H and O–H groups in total. The lowest BCUT2D eigenvalue weighted by Crippen LogP contribution is -2.28. The number of aryl methyl sites for hydroxylation is 1. The van der Waals surface area contributed by atoms with Crippen LogP contribution in [0.15, 0.2) is 18.2 Å². The van der Waals surface area contributed by atoms with Gasteiger partial charge in [-0.3, -0.25) is 9.59 Å². The number of ether oxygens (including phenoxy) is 2. The van der Waals surface area contributed by atoms with Crippen LogP contribution in [-0.2, 0) is 25.5 Å². The second-order valence-corrected chi connectivity index (χ2v) is 3.68. The van der Waals surface area contributed by atoms with Crippen molar-refractivity contribution in [3.05, 3.63) is 35.4 Å². The van der Waals surface area contributed by atoms with Crippen LogP contribution in [0.25, 0.3) is 0 Å². The molecule has 0 heterocycles. The summed E-state index contributed by atoms with van der Waals surface area (Å²) in [6.07, 6.45) is 0.273. The van der Waals surface area contributed by atoms with Gasteiger partial charge in [0.25, 0.3) is 0 Å². The molecule has 0 atom stereocenters. The molecule has 1 aromatic carbocycles. The summed E-state index contributed by atoms with van der Waals surface area (Å²) >= 11 is 0. The molecule has 0 aliphatic carbocycles. The molecule has 0 saturated carbocycles. The van der Waals surface area contributed by atoms with Crippen molar-refractivity contribution in [3.63, 3.8) is 0 Å². The maximum Gasteiger partial charge on any atom is 0.320 e. The molecule has 0 saturated heterocycles. The summed E-state index contributed by atoms with van der Waals surface area (Å²) in [6.45, 7) is 1.90. The van der Waals surface area contributed by atoms with E-state index in [1.807, 2.05) is 19.1 Å². The summed E-state index contributed by atoms with van der Waals surface area (Å²) in [5.74, 6) is -2.07. The number of esters is 2. The highest BCUT2D eigenvalue weighted by Gasteiger charge is 2.28. The fourth-order valence-corrected chi connectivity index (χ4v) is 1.56. The minimum absolute atomic E-state index is 0.273. The van der Waals surface area contributed by atoms with Crippen LogP contribution in [0.2, 0.25) is 0 Å². The van der Waals surface area contributed by atoms with Crippen LogP contribution in [-0.4, -0.2) is 26.2 Å². The molecule has 0 amide bonds. The van der Waals surface area contributed by atoms with Gasteiger partial charge < -0.3 is 9.47 Å². The zero-order valence-electron chi connectivity index (χ0n) is 10.1. The highest BCUT2D eigenvalue weighted by molar-refractivity contribution is 5.95. The summed E-state index contributed by atoms with van der Waals surface area (Å²) in [7, 11) is 2.50. The van der Waals surface area contributed by atoms with Crippen LogP contribution in [0.1, 0.15) is 11.1 Å². The van der Waals surface area contributed by atoms with E-state index in [1.54, 1.807) is 6.07 Å². The Kier molecular flexibility index (Phi) is 4.69. The fraction of sp³-hybridized carbons (Fsp3) is 0.385. The molecule has 0 fully saturated rings. The Bertz CT molecular complexity index is 396. The topological polar surface area (TPSA) is 52.6 Å². The van der Waals surface area contributed by atoms with Crippen LogP contribution in [0.5, 0.6) is 0 Å². The molecule has 0 aliphatic heterocycles. The van der Waals surface area contributed by atoms with E-state index in [0.29, 0.717) is 0 Å². The van der Waals surface area contributed by atoms with Gasteiger partial charge in [-0.05, 0) is 30.5 Å². The first-order chi connectivity index (χ1) is 8.08. The quantitative estimate of drug-likeness (QED) is 0.583. The predicted octanol–water partition coefficient (Wildman–Crippen LogP) is 1.30. The van der Waals surface area contributed by atoms with Crippen LogP contribution in [0.4, 0.5) is 0 Å². The third kappa shape index (κ3) is 3.59. The molecule has 1 radical (unpaired) electrons. The average molecular weight is 235 g/mol. The van der Waals surface area contributed by atoms with Gasteiger partial charge in [-0.1, -0.05) is 18.2 Å². The van der Waals surface area contributed by atoms with Crippen LogP contribution in [0.3, 0.4) is 0 Å². The molecule has 1 aromatic rings. The first-order valence-corrected chi connectivity index (χ1v) is 5.21. The normalized spacial score (nSPS) is 10.1. The summed E-state index contributed by atoms with van der Waals surface area (Å²) < 4.78 is 9.18. The van der Waals surface area contributed by atoms with Crippen molar-refractivity contribution in [1.29, 1.82) is 0 Å². The lowest BCUT2D eigenvalue weighted by Gasteiger charge is -2.12. The third-order valence-corrected chi connectivity index (χ3v) is 2.42. The van der Waals surface area contributed by atoms with E-state index in [9.17, 15) is 9.59 Å². The third-order valence-electron chi connectivity index (χ3n) is 2.42. The highest BCUT2D eigenvalue weighted by Crippen LogP contribution is 2.13. The van der Waals surface area contributed by atoms with E-state index in [1.165, 1.54) is 14.2 Å². The number of hydrogen-bond acceptors (Lipinski definition) is 4. The van der Waals surface area contributed by atoms with E-state index >= 15 is 0 Å². The minimum Gasteiger partial charge on any atom is -0.468 e. The van der Waals surface area contributed by atoms with Gasteiger partial charge in [0.05, 0.1) is 14.2 Å². The Balaban J connectivity index is 2.86. The van der Waals surface area contributed by atoms with Crippen molar-refractivity contribution in [2.75, 3.05) is 14.2 Å². The van der Waals surface area contributed by atoms with E-state index in [2.05, 4.69) is 15.5 Å². The van der Waals surface area contributed by atoms with E-state index in [4.69, 9.17) is 0 Å². The van der Waals surface area contributed by atoms with Gasteiger partial charge in [-0.25, -0.2) is 0 Å². The number of rotatable bonds is 4. The van der Waals surface area contributed by atoms with Gasteiger partial charge in [0.2, 0.25) is 0 Å². The molecule has 0 unspecified atom stereocenters. The zero-order valence-corrected chi connectivity index (χ0v) is 10.1. The standard InChI is InChI=1S/C13H15O4/c1-9-5-4-6-10(7-9)8-11(12(14)16-2)13(15)17-3/h4,6-7,11H,8H2,1-3H3. The number of carbonyl (C=O) groups is 2. The van der Waals surface area contributed by atoms with Gasteiger partial charge >= 0.3 is 11.9 Å². The Hall–Kier alpha value is -1.84. The van der Waals surface area contributed by atoms with Crippen molar-refractivity contribution in [1.82, 2.24) is 0 Å². The second kappa shape index (κ2) is 6.03. The molecule has 17 heavy (non-hydrogen) atoms. The number of carbonyl (C=O) groups excluding carboxylic acids is 2. The molecule has 0 bridgehead atoms. The molecular formula is C13H15O4. The van der Waals surface area contributed by atoms with E-state index in [0.717, 1.165) is 11.1 Å². The van der Waals surface area contributed by atoms with Gasteiger partial charge in [-0.2, -0.15) is 0 Å². The Labute approximate surface area is 101 Å². The minimum atomic E-state index is -0.910. The summed E-state index contributed by atoms with van der Waals surface area (Å²) in [5.41, 5.74) is 1.83. The molecule has 0 spiro atoms. The first-order valence-electron chi connectivity index (χ1n) is 5.21. The van der Waals surface area contributed by atoms with Crippen molar-refractivity contribution in [3.8, 4) is 0 Å². The molecule has 0 aliphatic rings. The molecule has 4 nitrogen and oxygen atoms in total. The average Bonchev–Trinajstić information content (AvgIpc) is 2.34. The Morgan fingerprint density at radius 3 is 2.35 bits per heavy atom. The van der Waals surface area contributed by atoms with Crippen molar-refractivity contribution < 1.29 is 19.1 Å². The number of benzene rings is 1. The maximum absolute atomic E-state index is 11.5. The molecule has 4 heteroatoms. The molecule has 1 rings (SSSR count). The Morgan fingerprint density at radius 1 is 1.29 bits per heavy atom. The lowest BCUT2D eigenvalue weighted by molar-refractivity contribution is -0.158. The van der Waals surface area contributed by atoms with Gasteiger partial charge in [0.15, 0.2) is 5.92 Å². The predicted molar refractivity (Wildman–Crippen MR) is 61.2 cm³/mol. The van der Waals surface area contributed by atoms with Crippen molar-refractivity contribution in [2.45, 2.75) is 13.3 Å². The Morgan fingerprint density at radius 2 is 1.88 bits per heavy atom. The summed E-state index contributed by atoms with van der Waals surface area (Å²) in [6, 6.07) is 8.44. The van der Waals surface area contributed by atoms with Gasteiger partial charge in [0.1, 0.15) is 0 Å². The zero-order chi connectivity index (χ0) is 12.8. The largest absolute Gasteiger partial charge is 0.468 e. The summed E-state index contributed by atoms with van der Waals surface area (Å²) in [5, 5.41) is 0.